The van der Waals surface area contributed by atoms with Crippen LogP contribution >= 0.6 is 0 Å². The van der Waals surface area contributed by atoms with Crippen LogP contribution in [0.5, 0.6) is 0 Å². The van der Waals surface area contributed by atoms with E-state index in [2.05, 4.69) is 15.3 Å². The minimum Gasteiger partial charge on any atom is -0.462 e. The largest absolute Gasteiger partial charge is 0.462 e. The maximum absolute atomic E-state index is 12.1. The van der Waals surface area contributed by atoms with E-state index in [1.807, 2.05) is 32.0 Å². The second kappa shape index (κ2) is 6.13. The van der Waals surface area contributed by atoms with Gasteiger partial charge in [0.2, 0.25) is 5.91 Å². The molecule has 1 fully saturated rings. The number of hydrogen-bond donors (Lipinski definition) is 1. The number of carbonyl (C=O) groups is 1. The van der Waals surface area contributed by atoms with Crippen molar-refractivity contribution in [1.82, 2.24) is 15.3 Å². The summed E-state index contributed by atoms with van der Waals surface area (Å²) in [6.45, 7) is 3.80. The van der Waals surface area contributed by atoms with Crippen molar-refractivity contribution in [2.24, 2.45) is 5.92 Å². The lowest BCUT2D eigenvalue weighted by Gasteiger charge is -2.15. The maximum Gasteiger partial charge on any atom is 0.244 e. The summed E-state index contributed by atoms with van der Waals surface area (Å²) in [7, 11) is 0. The van der Waals surface area contributed by atoms with E-state index in [9.17, 15) is 4.79 Å². The molecule has 5 heteroatoms. The lowest BCUT2D eigenvalue weighted by atomic mass is 10.1. The normalized spacial score (nSPS) is 15.9. The first-order valence-corrected chi connectivity index (χ1v) is 7.46. The molecule has 22 heavy (non-hydrogen) atoms. The van der Waals surface area contributed by atoms with Crippen molar-refractivity contribution in [2.75, 3.05) is 0 Å². The van der Waals surface area contributed by atoms with Crippen molar-refractivity contribution in [2.45, 2.75) is 32.7 Å². The van der Waals surface area contributed by atoms with Gasteiger partial charge in [-0.3, -0.25) is 4.79 Å². The zero-order valence-electron chi connectivity index (χ0n) is 12.7. The van der Waals surface area contributed by atoms with E-state index < -0.39 is 0 Å². The Morgan fingerprint density at radius 3 is 2.82 bits per heavy atom. The molecule has 3 rings (SSSR count). The van der Waals surface area contributed by atoms with Crippen molar-refractivity contribution >= 4 is 12.0 Å². The van der Waals surface area contributed by atoms with E-state index in [1.54, 1.807) is 12.3 Å². The lowest BCUT2D eigenvalue weighted by molar-refractivity contribution is -0.117. The highest BCUT2D eigenvalue weighted by Crippen LogP contribution is 2.39. The van der Waals surface area contributed by atoms with E-state index in [1.165, 1.54) is 6.08 Å². The predicted octanol–water partition coefficient (Wildman–Crippen LogP) is 2.97. The number of carbonyl (C=O) groups excluding carboxylic acids is 1. The number of nitrogens with one attached hydrogen (secondary N) is 1. The molecule has 1 N–H and O–H groups in total. The number of amides is 1. The fourth-order valence-corrected chi connectivity index (χ4v) is 2.34. The molecule has 0 saturated heterocycles. The number of nitrogens with zero attached hydrogens (tertiary/aromatic N) is 2. The van der Waals surface area contributed by atoms with Gasteiger partial charge in [0, 0.05) is 18.0 Å². The SMILES string of the molecule is Cc1ccnc(C(NC(=O)/C=C/c2ccc(C)o2)C2CC2)n1. The Hall–Kier alpha value is -2.43. The molecule has 114 valence electrons. The van der Waals surface area contributed by atoms with E-state index in [0.29, 0.717) is 17.5 Å². The van der Waals surface area contributed by atoms with Crippen LogP contribution in [0, 0.1) is 19.8 Å². The molecule has 5 nitrogen and oxygen atoms in total. The van der Waals surface area contributed by atoms with E-state index in [0.717, 1.165) is 24.3 Å². The minimum absolute atomic E-state index is 0.115. The van der Waals surface area contributed by atoms with Crippen LogP contribution in [0.1, 0.15) is 41.9 Å². The number of rotatable bonds is 5. The van der Waals surface area contributed by atoms with Crippen LogP contribution in [-0.2, 0) is 4.79 Å². The smallest absolute Gasteiger partial charge is 0.244 e. The van der Waals surface area contributed by atoms with Gasteiger partial charge in [-0.15, -0.1) is 0 Å². The van der Waals surface area contributed by atoms with E-state index >= 15 is 0 Å². The Morgan fingerprint density at radius 2 is 2.18 bits per heavy atom. The molecular formula is C17H19N3O2. The molecule has 0 bridgehead atoms. The Morgan fingerprint density at radius 1 is 1.36 bits per heavy atom. The van der Waals surface area contributed by atoms with Crippen molar-refractivity contribution in [3.63, 3.8) is 0 Å². The van der Waals surface area contributed by atoms with Crippen LogP contribution < -0.4 is 5.32 Å². The average Bonchev–Trinajstić information content (AvgIpc) is 3.25. The maximum atomic E-state index is 12.1. The molecule has 2 heterocycles. The molecule has 2 aromatic rings. The molecule has 1 aliphatic rings. The van der Waals surface area contributed by atoms with Gasteiger partial charge in [0.15, 0.2) is 5.82 Å². The summed E-state index contributed by atoms with van der Waals surface area (Å²) in [5, 5.41) is 3.01. The average molecular weight is 297 g/mol. The Kier molecular flexibility index (Phi) is 4.04. The van der Waals surface area contributed by atoms with Crippen molar-refractivity contribution < 1.29 is 9.21 Å². The van der Waals surface area contributed by atoms with Crippen LogP contribution in [0.3, 0.4) is 0 Å². The number of aromatic nitrogens is 2. The van der Waals surface area contributed by atoms with Crippen LogP contribution in [0.4, 0.5) is 0 Å². The summed E-state index contributed by atoms with van der Waals surface area (Å²) in [6, 6.07) is 5.44. The summed E-state index contributed by atoms with van der Waals surface area (Å²) >= 11 is 0. The minimum atomic E-state index is -0.156. The lowest BCUT2D eigenvalue weighted by Crippen LogP contribution is -2.29. The predicted molar refractivity (Wildman–Crippen MR) is 82.9 cm³/mol. The van der Waals surface area contributed by atoms with Crippen molar-refractivity contribution in [3.8, 4) is 0 Å². The van der Waals surface area contributed by atoms with Gasteiger partial charge >= 0.3 is 0 Å². The fraction of sp³-hybridized carbons (Fsp3) is 0.353. The first-order chi connectivity index (χ1) is 10.6. The van der Waals surface area contributed by atoms with Crippen LogP contribution in [-0.4, -0.2) is 15.9 Å². The van der Waals surface area contributed by atoms with Gasteiger partial charge in [-0.1, -0.05) is 0 Å². The Bertz CT molecular complexity index is 701. The zero-order valence-corrected chi connectivity index (χ0v) is 12.7. The summed E-state index contributed by atoms with van der Waals surface area (Å²) in [6.07, 6.45) is 7.10. The Balaban J connectivity index is 1.68. The first-order valence-electron chi connectivity index (χ1n) is 7.46. The van der Waals surface area contributed by atoms with Crippen LogP contribution in [0.25, 0.3) is 6.08 Å². The molecule has 0 spiro atoms. The van der Waals surface area contributed by atoms with Gasteiger partial charge in [0.25, 0.3) is 0 Å². The zero-order chi connectivity index (χ0) is 15.5. The number of hydrogen-bond acceptors (Lipinski definition) is 4. The third-order valence-corrected chi connectivity index (χ3v) is 3.64. The third kappa shape index (κ3) is 3.61. The number of furan rings is 1. The van der Waals surface area contributed by atoms with Crippen LogP contribution in [0.15, 0.2) is 34.9 Å². The molecule has 1 amide bonds. The molecule has 1 aliphatic carbocycles. The molecule has 1 saturated carbocycles. The van der Waals surface area contributed by atoms with Gasteiger partial charge in [0.1, 0.15) is 11.5 Å². The van der Waals surface area contributed by atoms with Crippen molar-refractivity contribution in [1.29, 1.82) is 0 Å². The summed E-state index contributed by atoms with van der Waals surface area (Å²) < 4.78 is 5.41. The van der Waals surface area contributed by atoms with Crippen molar-refractivity contribution in [3.05, 3.63) is 53.5 Å². The van der Waals surface area contributed by atoms with Gasteiger partial charge < -0.3 is 9.73 Å². The quantitative estimate of drug-likeness (QED) is 0.861. The summed E-state index contributed by atoms with van der Waals surface area (Å²) in [5.74, 6) is 2.46. The molecule has 1 unspecified atom stereocenters. The molecule has 0 aromatic carbocycles. The summed E-state index contributed by atoms with van der Waals surface area (Å²) in [5.41, 5.74) is 0.909. The fourth-order valence-electron chi connectivity index (χ4n) is 2.34. The number of aryl methyl sites for hydroxylation is 2. The third-order valence-electron chi connectivity index (χ3n) is 3.64. The second-order valence-corrected chi connectivity index (χ2v) is 5.66. The molecule has 0 aliphatic heterocycles. The van der Waals surface area contributed by atoms with Gasteiger partial charge in [-0.2, -0.15) is 0 Å². The van der Waals surface area contributed by atoms with Gasteiger partial charge in [-0.05, 0) is 56.9 Å². The second-order valence-electron chi connectivity index (χ2n) is 5.66. The molecule has 2 aromatic heterocycles. The molecule has 0 radical (unpaired) electrons. The van der Waals surface area contributed by atoms with Gasteiger partial charge in [0.05, 0.1) is 6.04 Å². The summed E-state index contributed by atoms with van der Waals surface area (Å²) in [4.78, 5) is 20.9. The van der Waals surface area contributed by atoms with Crippen LogP contribution in [0.2, 0.25) is 0 Å². The molecular weight excluding hydrogens is 278 g/mol. The topological polar surface area (TPSA) is 68.0 Å². The highest BCUT2D eigenvalue weighted by molar-refractivity contribution is 5.91. The monoisotopic (exact) mass is 297 g/mol. The van der Waals surface area contributed by atoms with Gasteiger partial charge in [-0.25, -0.2) is 9.97 Å². The standard InChI is InChI=1S/C17H19N3O2/c1-11-9-10-18-17(19-11)16(13-4-5-13)20-15(21)8-7-14-6-3-12(2)22-14/h3,6-10,13,16H,4-5H2,1-2H3,(H,20,21)/b8-7+. The molecule has 1 atom stereocenters. The van der Waals surface area contributed by atoms with E-state index in [-0.39, 0.29) is 11.9 Å². The highest BCUT2D eigenvalue weighted by Gasteiger charge is 2.34. The first kappa shape index (κ1) is 14.5. The van der Waals surface area contributed by atoms with E-state index in [4.69, 9.17) is 4.42 Å². The highest BCUT2D eigenvalue weighted by atomic mass is 16.3. The Labute approximate surface area is 129 Å².